The molecule has 0 saturated heterocycles. The van der Waals surface area contributed by atoms with Gasteiger partial charge in [0, 0.05) is 35.7 Å². The summed E-state index contributed by atoms with van der Waals surface area (Å²) in [6, 6.07) is 8.90. The highest BCUT2D eigenvalue weighted by Gasteiger charge is 2.51. The highest BCUT2D eigenvalue weighted by atomic mass is 35.5. The average molecular weight is 559 g/mol. The Balaban J connectivity index is 1.83. The van der Waals surface area contributed by atoms with Gasteiger partial charge in [0.05, 0.1) is 32.3 Å². The normalized spacial score (nSPS) is 21.2. The quantitative estimate of drug-likeness (QED) is 0.321. The van der Waals surface area contributed by atoms with Crippen LogP contribution in [0, 0.1) is 0 Å². The molecule has 10 nitrogen and oxygen atoms in total. The lowest BCUT2D eigenvalue weighted by Gasteiger charge is -2.40. The summed E-state index contributed by atoms with van der Waals surface area (Å²) in [7, 11) is 1.44. The minimum Gasteiger partial charge on any atom is -0.493 e. The number of amides is 2. The average Bonchev–Trinajstić information content (AvgIpc) is 3.34. The maximum atomic E-state index is 13.4. The molecule has 0 fully saturated rings. The summed E-state index contributed by atoms with van der Waals surface area (Å²) in [5.41, 5.74) is 1.91. The molecule has 0 aromatic heterocycles. The lowest BCUT2D eigenvalue weighted by atomic mass is 9.77. The van der Waals surface area contributed by atoms with Crippen LogP contribution in [-0.2, 0) is 27.5 Å². The molecular formula is C28H31ClN2O8. The first-order valence-electron chi connectivity index (χ1n) is 12.6. The van der Waals surface area contributed by atoms with Crippen molar-refractivity contribution < 1.29 is 39.2 Å². The lowest BCUT2D eigenvalue weighted by molar-refractivity contribution is -0.148. The third-order valence-corrected chi connectivity index (χ3v) is 7.19. The number of ether oxygens (including phenoxy) is 2. The van der Waals surface area contributed by atoms with Crippen molar-refractivity contribution in [2.45, 2.75) is 50.7 Å². The second-order valence-corrected chi connectivity index (χ2v) is 9.79. The van der Waals surface area contributed by atoms with Gasteiger partial charge in [-0.05, 0) is 41.5 Å². The van der Waals surface area contributed by atoms with Gasteiger partial charge in [0.1, 0.15) is 12.2 Å². The van der Waals surface area contributed by atoms with E-state index in [0.29, 0.717) is 33.2 Å². The van der Waals surface area contributed by atoms with Crippen molar-refractivity contribution in [3.05, 3.63) is 69.8 Å². The second-order valence-electron chi connectivity index (χ2n) is 9.35. The minimum absolute atomic E-state index is 0.0176. The van der Waals surface area contributed by atoms with E-state index in [4.69, 9.17) is 21.1 Å². The van der Waals surface area contributed by atoms with Gasteiger partial charge in [0.15, 0.2) is 11.5 Å². The summed E-state index contributed by atoms with van der Waals surface area (Å²) in [6.07, 6.45) is -0.905. The summed E-state index contributed by atoms with van der Waals surface area (Å²) < 4.78 is 11.6. The number of carbonyl (C=O) groups excluding carboxylic acids is 3. The zero-order chi connectivity index (χ0) is 28.3. The van der Waals surface area contributed by atoms with E-state index in [1.807, 2.05) is 0 Å². The second kappa shape index (κ2) is 12.2. The Morgan fingerprint density at radius 3 is 2.46 bits per heavy atom. The van der Waals surface area contributed by atoms with Gasteiger partial charge in [-0.2, -0.15) is 0 Å². The molecule has 2 aliphatic rings. The predicted molar refractivity (Wildman–Crippen MR) is 141 cm³/mol. The molecular weight excluding hydrogens is 528 g/mol. The van der Waals surface area contributed by atoms with Crippen LogP contribution in [0.4, 0.5) is 0 Å². The molecule has 4 N–H and O–H groups in total. The van der Waals surface area contributed by atoms with E-state index < -0.39 is 41.8 Å². The summed E-state index contributed by atoms with van der Waals surface area (Å²) >= 11 is 6.01. The van der Waals surface area contributed by atoms with Crippen molar-refractivity contribution in [1.29, 1.82) is 0 Å². The fraction of sp³-hybridized carbons (Fsp3) is 0.393. The maximum Gasteiger partial charge on any atom is 0.290 e. The zero-order valence-corrected chi connectivity index (χ0v) is 22.4. The molecule has 208 valence electrons. The molecule has 2 amide bonds. The number of aliphatic hydroxyl groups excluding tert-OH is 3. The summed E-state index contributed by atoms with van der Waals surface area (Å²) in [5.74, 6) is -2.12. The molecule has 1 aliphatic carbocycles. The SMILES string of the molecule is CCC(=O)C(=O)N(Cc1ccc(Cl)cc1)C1C=C(C(=O)NCCO)C2c3cc(CO)cc(OC)c3OC2C1O. The summed E-state index contributed by atoms with van der Waals surface area (Å²) in [5, 5.41) is 33.8. The Bertz CT molecular complexity index is 1280. The van der Waals surface area contributed by atoms with E-state index in [2.05, 4.69) is 5.32 Å². The standard InChI is InChI=1S/C28H31ClN2O8/c1-3-21(34)28(37)31(13-15-4-6-17(29)7-5-15)20-12-19(27(36)30-8-9-32)23-18-10-16(14-33)11-22(38-2)25(18)39-26(23)24(20)35/h4-7,10-12,20,23-24,26,32-33,35H,3,8-9,13-14H2,1-2H3,(H,30,36). The Labute approximate surface area is 230 Å². The molecule has 1 aliphatic heterocycles. The van der Waals surface area contributed by atoms with E-state index in [1.165, 1.54) is 18.1 Å². The van der Waals surface area contributed by atoms with Gasteiger partial charge in [-0.15, -0.1) is 0 Å². The van der Waals surface area contributed by atoms with E-state index in [0.717, 1.165) is 0 Å². The Kier molecular flexibility index (Phi) is 8.91. The van der Waals surface area contributed by atoms with Gasteiger partial charge in [0.25, 0.3) is 5.91 Å². The molecule has 4 rings (SSSR count). The minimum atomic E-state index is -1.33. The van der Waals surface area contributed by atoms with Crippen molar-refractivity contribution in [2.24, 2.45) is 0 Å². The number of aliphatic hydroxyl groups is 3. The van der Waals surface area contributed by atoms with Gasteiger partial charge < -0.3 is 35.0 Å². The van der Waals surface area contributed by atoms with Gasteiger partial charge in [-0.3, -0.25) is 14.4 Å². The van der Waals surface area contributed by atoms with Crippen molar-refractivity contribution >= 4 is 29.2 Å². The van der Waals surface area contributed by atoms with Crippen LogP contribution in [0.15, 0.2) is 48.0 Å². The van der Waals surface area contributed by atoms with Crippen molar-refractivity contribution in [3.63, 3.8) is 0 Å². The first kappa shape index (κ1) is 28.6. The number of halogens is 1. The number of ketones is 1. The van der Waals surface area contributed by atoms with E-state index in [-0.39, 0.29) is 38.3 Å². The van der Waals surface area contributed by atoms with Crippen molar-refractivity contribution in [2.75, 3.05) is 20.3 Å². The number of benzene rings is 2. The summed E-state index contributed by atoms with van der Waals surface area (Å²) in [4.78, 5) is 40.5. The molecule has 4 atom stereocenters. The van der Waals surface area contributed by atoms with Crippen molar-refractivity contribution in [3.8, 4) is 11.5 Å². The van der Waals surface area contributed by atoms with Crippen molar-refractivity contribution in [1.82, 2.24) is 10.2 Å². The molecule has 2 aromatic carbocycles. The molecule has 1 heterocycles. The van der Waals surface area contributed by atoms with Gasteiger partial charge in [0.2, 0.25) is 11.7 Å². The predicted octanol–water partition coefficient (Wildman–Crippen LogP) is 1.47. The lowest BCUT2D eigenvalue weighted by Crippen LogP contribution is -2.56. The molecule has 11 heteroatoms. The molecule has 2 aromatic rings. The largest absolute Gasteiger partial charge is 0.493 e. The maximum absolute atomic E-state index is 13.4. The number of methoxy groups -OCH3 is 1. The number of carbonyl (C=O) groups is 3. The van der Waals surface area contributed by atoms with Crippen LogP contribution in [0.25, 0.3) is 0 Å². The van der Waals surface area contributed by atoms with E-state index in [1.54, 1.807) is 43.3 Å². The molecule has 0 saturated carbocycles. The van der Waals surface area contributed by atoms with Crippen LogP contribution in [0.2, 0.25) is 5.02 Å². The third kappa shape index (κ3) is 5.65. The first-order chi connectivity index (χ1) is 18.7. The Morgan fingerprint density at radius 1 is 1.13 bits per heavy atom. The number of Topliss-reactive ketones (excluding diaryl/α,β-unsaturated/α-hetero) is 1. The number of fused-ring (bicyclic) bond motifs is 3. The fourth-order valence-electron chi connectivity index (χ4n) is 5.03. The highest BCUT2D eigenvalue weighted by Crippen LogP contribution is 2.51. The highest BCUT2D eigenvalue weighted by molar-refractivity contribution is 6.36. The van der Waals surface area contributed by atoms with E-state index in [9.17, 15) is 29.7 Å². The third-order valence-electron chi connectivity index (χ3n) is 6.94. The molecule has 0 spiro atoms. The van der Waals surface area contributed by atoms with Gasteiger partial charge in [-0.25, -0.2) is 0 Å². The Hall–Kier alpha value is -3.44. The number of nitrogens with one attached hydrogen (secondary N) is 1. The molecule has 0 bridgehead atoms. The number of rotatable bonds is 10. The van der Waals surface area contributed by atoms with E-state index >= 15 is 0 Å². The summed E-state index contributed by atoms with van der Waals surface area (Å²) in [6.45, 7) is 0.939. The number of hydrogen-bond acceptors (Lipinski definition) is 8. The fourth-order valence-corrected chi connectivity index (χ4v) is 5.16. The topological polar surface area (TPSA) is 146 Å². The first-order valence-corrected chi connectivity index (χ1v) is 13.0. The van der Waals surface area contributed by atoms with Crippen LogP contribution < -0.4 is 14.8 Å². The van der Waals surface area contributed by atoms with Crippen LogP contribution in [-0.4, -0.2) is 76.3 Å². The zero-order valence-electron chi connectivity index (χ0n) is 21.6. The van der Waals surface area contributed by atoms with Gasteiger partial charge in [-0.1, -0.05) is 30.7 Å². The molecule has 4 unspecified atom stereocenters. The van der Waals surface area contributed by atoms with Crippen LogP contribution >= 0.6 is 11.6 Å². The smallest absolute Gasteiger partial charge is 0.290 e. The monoisotopic (exact) mass is 558 g/mol. The molecule has 39 heavy (non-hydrogen) atoms. The number of hydrogen-bond donors (Lipinski definition) is 4. The van der Waals surface area contributed by atoms with Crippen LogP contribution in [0.5, 0.6) is 11.5 Å². The van der Waals surface area contributed by atoms with Crippen LogP contribution in [0.1, 0.15) is 36.0 Å². The molecule has 0 radical (unpaired) electrons. The van der Waals surface area contributed by atoms with Gasteiger partial charge >= 0.3 is 0 Å². The Morgan fingerprint density at radius 2 is 1.85 bits per heavy atom. The number of nitrogens with zero attached hydrogens (tertiary/aromatic N) is 1. The van der Waals surface area contributed by atoms with Crippen LogP contribution in [0.3, 0.4) is 0 Å².